The van der Waals surface area contributed by atoms with Gasteiger partial charge in [-0.05, 0) is 29.8 Å². The van der Waals surface area contributed by atoms with Gasteiger partial charge in [0.2, 0.25) is 11.3 Å². The zero-order chi connectivity index (χ0) is 16.9. The van der Waals surface area contributed by atoms with Gasteiger partial charge in [0.1, 0.15) is 0 Å². The number of benzene rings is 2. The predicted octanol–water partition coefficient (Wildman–Crippen LogP) is 1.92. The van der Waals surface area contributed by atoms with Crippen LogP contribution >= 0.6 is 0 Å². The molecule has 1 amide bonds. The molecule has 0 unspecified atom stereocenters. The molecule has 0 aliphatic rings. The average Bonchev–Trinajstić information content (AvgIpc) is 2.61. The quantitative estimate of drug-likeness (QED) is 0.751. The molecular formula is C18H17N3O3. The maximum absolute atomic E-state index is 12.1. The molecule has 3 rings (SSSR count). The van der Waals surface area contributed by atoms with Crippen LogP contribution < -0.4 is 10.7 Å². The number of carbonyl (C=O) groups is 1. The number of nitrogens with zero attached hydrogens (tertiary/aromatic N) is 2. The van der Waals surface area contributed by atoms with E-state index in [1.165, 1.54) is 6.20 Å². The number of hydrogen-bond acceptors (Lipinski definition) is 4. The van der Waals surface area contributed by atoms with Crippen molar-refractivity contribution in [2.75, 3.05) is 5.32 Å². The third-order valence-corrected chi connectivity index (χ3v) is 3.71. The minimum absolute atomic E-state index is 0.0724. The number of aromatic nitrogens is 2. The molecule has 1 heterocycles. The SMILES string of the molecule is O=C(CCn1ncc(=O)c2ccccc21)Nc1cccc(CO)c1. The molecule has 0 bridgehead atoms. The van der Waals surface area contributed by atoms with E-state index in [-0.39, 0.29) is 24.4 Å². The van der Waals surface area contributed by atoms with Crippen molar-refractivity contribution in [3.63, 3.8) is 0 Å². The first-order valence-electron chi connectivity index (χ1n) is 7.62. The van der Waals surface area contributed by atoms with Crippen LogP contribution in [-0.4, -0.2) is 20.8 Å². The molecule has 0 atom stereocenters. The topological polar surface area (TPSA) is 84.2 Å². The molecule has 3 aromatic rings. The Balaban J connectivity index is 1.70. The second kappa shape index (κ2) is 7.06. The Hall–Kier alpha value is -2.99. The molecule has 0 fully saturated rings. The lowest BCUT2D eigenvalue weighted by molar-refractivity contribution is -0.116. The fraction of sp³-hybridized carbons (Fsp3) is 0.167. The number of rotatable bonds is 5. The Morgan fingerprint density at radius 3 is 2.83 bits per heavy atom. The van der Waals surface area contributed by atoms with Gasteiger partial charge >= 0.3 is 0 Å². The Morgan fingerprint density at radius 1 is 1.17 bits per heavy atom. The van der Waals surface area contributed by atoms with Gasteiger partial charge in [0, 0.05) is 17.5 Å². The van der Waals surface area contributed by atoms with Crippen molar-refractivity contribution in [1.29, 1.82) is 0 Å². The highest BCUT2D eigenvalue weighted by Gasteiger charge is 2.07. The number of aliphatic hydroxyl groups excluding tert-OH is 1. The smallest absolute Gasteiger partial charge is 0.226 e. The van der Waals surface area contributed by atoms with Crippen molar-refractivity contribution >= 4 is 22.5 Å². The standard InChI is InChI=1S/C18H17N3O3/c22-12-13-4-3-5-14(10-13)20-18(24)8-9-21-16-7-2-1-6-15(16)17(23)11-19-21/h1-7,10-11,22H,8-9,12H2,(H,20,24). The van der Waals surface area contributed by atoms with Crippen molar-refractivity contribution in [1.82, 2.24) is 9.78 Å². The summed E-state index contributed by atoms with van der Waals surface area (Å²) < 4.78 is 1.65. The molecular weight excluding hydrogens is 306 g/mol. The van der Waals surface area contributed by atoms with Crippen LogP contribution in [0.2, 0.25) is 0 Å². The summed E-state index contributed by atoms with van der Waals surface area (Å²) in [6.07, 6.45) is 1.49. The van der Waals surface area contributed by atoms with Crippen LogP contribution in [0.25, 0.3) is 10.9 Å². The molecule has 122 valence electrons. The van der Waals surface area contributed by atoms with Crippen molar-refractivity contribution in [2.24, 2.45) is 0 Å². The zero-order valence-electron chi connectivity index (χ0n) is 13.0. The van der Waals surface area contributed by atoms with E-state index < -0.39 is 0 Å². The van der Waals surface area contributed by atoms with E-state index in [0.717, 1.165) is 5.56 Å². The number of amides is 1. The lowest BCUT2D eigenvalue weighted by Gasteiger charge is -2.10. The van der Waals surface area contributed by atoms with Gasteiger partial charge in [-0.2, -0.15) is 5.10 Å². The van der Waals surface area contributed by atoms with Gasteiger partial charge in [-0.25, -0.2) is 0 Å². The maximum atomic E-state index is 12.1. The van der Waals surface area contributed by atoms with E-state index in [1.54, 1.807) is 41.1 Å². The van der Waals surface area contributed by atoms with E-state index >= 15 is 0 Å². The minimum Gasteiger partial charge on any atom is -0.392 e. The van der Waals surface area contributed by atoms with Crippen LogP contribution in [0.15, 0.2) is 59.5 Å². The normalized spacial score (nSPS) is 10.7. The summed E-state index contributed by atoms with van der Waals surface area (Å²) in [5, 5.41) is 16.6. The summed E-state index contributed by atoms with van der Waals surface area (Å²) >= 11 is 0. The van der Waals surface area contributed by atoms with Crippen molar-refractivity contribution in [3.05, 3.63) is 70.5 Å². The number of nitrogens with one attached hydrogen (secondary N) is 1. The molecule has 2 aromatic carbocycles. The first-order chi connectivity index (χ1) is 11.7. The molecule has 6 heteroatoms. The highest BCUT2D eigenvalue weighted by molar-refractivity contribution is 5.90. The maximum Gasteiger partial charge on any atom is 0.226 e. The molecule has 2 N–H and O–H groups in total. The van der Waals surface area contributed by atoms with Gasteiger partial charge in [0.15, 0.2) is 0 Å². The number of aryl methyl sites for hydroxylation is 1. The number of fused-ring (bicyclic) bond motifs is 1. The monoisotopic (exact) mass is 323 g/mol. The van der Waals surface area contributed by atoms with Gasteiger partial charge in [-0.15, -0.1) is 0 Å². The Kier molecular flexibility index (Phi) is 4.67. The van der Waals surface area contributed by atoms with Crippen molar-refractivity contribution in [3.8, 4) is 0 Å². The van der Waals surface area contributed by atoms with Gasteiger partial charge < -0.3 is 10.4 Å². The summed E-state index contributed by atoms with van der Waals surface area (Å²) in [6.45, 7) is 0.295. The molecule has 0 aliphatic carbocycles. The summed E-state index contributed by atoms with van der Waals surface area (Å²) in [4.78, 5) is 23.9. The van der Waals surface area contributed by atoms with E-state index in [9.17, 15) is 9.59 Å². The molecule has 1 aromatic heterocycles. The molecule has 0 saturated heterocycles. The van der Waals surface area contributed by atoms with Gasteiger partial charge in [0.25, 0.3) is 0 Å². The third-order valence-electron chi connectivity index (χ3n) is 3.71. The number of carbonyl (C=O) groups excluding carboxylic acids is 1. The fourth-order valence-corrected chi connectivity index (χ4v) is 2.52. The van der Waals surface area contributed by atoms with Crippen molar-refractivity contribution in [2.45, 2.75) is 19.6 Å². The molecule has 0 radical (unpaired) electrons. The lowest BCUT2D eigenvalue weighted by Crippen LogP contribution is -2.18. The average molecular weight is 323 g/mol. The van der Waals surface area contributed by atoms with E-state index in [2.05, 4.69) is 10.4 Å². The summed E-state index contributed by atoms with van der Waals surface area (Å²) in [7, 11) is 0. The first kappa shape index (κ1) is 15.9. The highest BCUT2D eigenvalue weighted by Crippen LogP contribution is 2.12. The van der Waals surface area contributed by atoms with Gasteiger partial charge in [-0.3, -0.25) is 14.3 Å². The lowest BCUT2D eigenvalue weighted by atomic mass is 10.2. The van der Waals surface area contributed by atoms with Crippen LogP contribution in [0.1, 0.15) is 12.0 Å². The molecule has 24 heavy (non-hydrogen) atoms. The third kappa shape index (κ3) is 3.49. The fourth-order valence-electron chi connectivity index (χ4n) is 2.52. The predicted molar refractivity (Wildman–Crippen MR) is 91.6 cm³/mol. The largest absolute Gasteiger partial charge is 0.392 e. The van der Waals surface area contributed by atoms with Crippen molar-refractivity contribution < 1.29 is 9.90 Å². The van der Waals surface area contributed by atoms with Crippen LogP contribution in [-0.2, 0) is 17.9 Å². The van der Waals surface area contributed by atoms with Crippen LogP contribution in [0.4, 0.5) is 5.69 Å². The van der Waals surface area contributed by atoms with Crippen LogP contribution in [0.3, 0.4) is 0 Å². The van der Waals surface area contributed by atoms with Gasteiger partial charge in [0.05, 0.1) is 24.9 Å². The number of anilines is 1. The first-order valence-corrected chi connectivity index (χ1v) is 7.62. The molecule has 0 aliphatic heterocycles. The zero-order valence-corrected chi connectivity index (χ0v) is 13.0. The van der Waals surface area contributed by atoms with Gasteiger partial charge in [-0.1, -0.05) is 24.3 Å². The number of aliphatic hydroxyl groups is 1. The number of hydrogen-bond donors (Lipinski definition) is 2. The molecule has 0 saturated carbocycles. The van der Waals surface area contributed by atoms with Crippen LogP contribution in [0.5, 0.6) is 0 Å². The highest BCUT2D eigenvalue weighted by atomic mass is 16.3. The van der Waals surface area contributed by atoms with Crippen LogP contribution in [0, 0.1) is 0 Å². The summed E-state index contributed by atoms with van der Waals surface area (Å²) in [5.74, 6) is -0.158. The Morgan fingerprint density at radius 2 is 2.00 bits per heavy atom. The molecule has 6 nitrogen and oxygen atoms in total. The second-order valence-corrected chi connectivity index (χ2v) is 5.41. The summed E-state index contributed by atoms with van der Waals surface area (Å²) in [6, 6.07) is 14.2. The minimum atomic E-state index is -0.158. The second-order valence-electron chi connectivity index (χ2n) is 5.41. The Labute approximate surface area is 138 Å². The van der Waals surface area contributed by atoms with E-state index in [0.29, 0.717) is 23.1 Å². The van der Waals surface area contributed by atoms with E-state index in [1.807, 2.05) is 12.1 Å². The van der Waals surface area contributed by atoms with E-state index in [4.69, 9.17) is 5.11 Å². The molecule has 0 spiro atoms. The summed E-state index contributed by atoms with van der Waals surface area (Å²) in [5.41, 5.74) is 1.96. The Bertz CT molecular complexity index is 934. The number of para-hydroxylation sites is 1.